The van der Waals surface area contributed by atoms with E-state index < -0.39 is 0 Å². The van der Waals surface area contributed by atoms with Crippen LogP contribution in [0, 0.1) is 0 Å². The molecule has 1 amide bonds. The van der Waals surface area contributed by atoms with Gasteiger partial charge in [0.05, 0.1) is 35.4 Å². The first kappa shape index (κ1) is 22.7. The van der Waals surface area contributed by atoms with E-state index in [1.165, 1.54) is 11.8 Å². The number of amidine groups is 1. The second-order valence-electron chi connectivity index (χ2n) is 7.70. The summed E-state index contributed by atoms with van der Waals surface area (Å²) in [5, 5.41) is 6.06. The maximum Gasteiger partial charge on any atom is 0.286 e. The first-order chi connectivity index (χ1) is 16.6. The predicted molar refractivity (Wildman–Crippen MR) is 136 cm³/mol. The van der Waals surface area contributed by atoms with Crippen LogP contribution in [0.4, 0.5) is 0 Å². The minimum atomic E-state index is -0.241. The van der Waals surface area contributed by atoms with Crippen LogP contribution in [0.25, 0.3) is 23.0 Å². The average Bonchev–Trinajstić information content (AvgIpc) is 3.45. The molecule has 0 aliphatic carbocycles. The zero-order valence-electron chi connectivity index (χ0n) is 18.6. The van der Waals surface area contributed by atoms with Crippen molar-refractivity contribution in [1.29, 1.82) is 0 Å². The van der Waals surface area contributed by atoms with Gasteiger partial charge in [-0.2, -0.15) is 10.1 Å². The fourth-order valence-electron chi connectivity index (χ4n) is 3.78. The molecule has 7 nitrogen and oxygen atoms in total. The lowest BCUT2D eigenvalue weighted by Crippen LogP contribution is -2.38. The summed E-state index contributed by atoms with van der Waals surface area (Å²) in [5.74, 6) is 0.384. The Bertz CT molecular complexity index is 1270. The molecule has 34 heavy (non-hydrogen) atoms. The molecule has 0 spiro atoms. The number of aliphatic imine (C=N–C) groups is 1. The van der Waals surface area contributed by atoms with Crippen LogP contribution in [0.2, 0.25) is 5.02 Å². The number of benzene rings is 2. The Morgan fingerprint density at radius 1 is 1.18 bits per heavy atom. The van der Waals surface area contributed by atoms with Gasteiger partial charge >= 0.3 is 0 Å². The van der Waals surface area contributed by atoms with Gasteiger partial charge in [0.2, 0.25) is 0 Å². The van der Waals surface area contributed by atoms with E-state index in [1.54, 1.807) is 4.68 Å². The van der Waals surface area contributed by atoms with Gasteiger partial charge in [-0.1, -0.05) is 29.8 Å². The largest absolute Gasteiger partial charge is 0.492 e. The smallest absolute Gasteiger partial charge is 0.286 e. The molecule has 2 aliphatic rings. The van der Waals surface area contributed by atoms with Crippen molar-refractivity contribution in [2.45, 2.75) is 6.92 Å². The van der Waals surface area contributed by atoms with Crippen LogP contribution >= 0.6 is 23.4 Å². The van der Waals surface area contributed by atoms with Gasteiger partial charge in [0.1, 0.15) is 11.4 Å². The zero-order chi connectivity index (χ0) is 23.5. The maximum absolute atomic E-state index is 12.7. The molecule has 1 fully saturated rings. The molecule has 0 saturated carbocycles. The minimum absolute atomic E-state index is 0.241. The number of aromatic nitrogens is 2. The number of hydrogen-bond acceptors (Lipinski definition) is 6. The third-order valence-electron chi connectivity index (χ3n) is 5.45. The van der Waals surface area contributed by atoms with Gasteiger partial charge in [-0.15, -0.1) is 0 Å². The number of hydrogen-bond donors (Lipinski definition) is 0. The Balaban J connectivity index is 1.52. The maximum atomic E-state index is 12.7. The SMILES string of the molecule is CCOc1ccc(-c2nn(-c3ccccc3)cc2/C=C2\SC(N3CCOCC3)=NC2=O)cc1Cl. The lowest BCUT2D eigenvalue weighted by atomic mass is 10.1. The molecule has 174 valence electrons. The summed E-state index contributed by atoms with van der Waals surface area (Å²) < 4.78 is 12.8. The summed E-state index contributed by atoms with van der Waals surface area (Å²) in [6, 6.07) is 15.4. The van der Waals surface area contributed by atoms with Gasteiger partial charge in [0.25, 0.3) is 5.91 Å². The van der Waals surface area contributed by atoms with Crippen LogP contribution in [0.1, 0.15) is 12.5 Å². The van der Waals surface area contributed by atoms with E-state index >= 15 is 0 Å². The number of thioether (sulfide) groups is 1. The molecule has 2 aliphatic heterocycles. The van der Waals surface area contributed by atoms with Crippen LogP contribution in [0.15, 0.2) is 64.6 Å². The summed E-state index contributed by atoms with van der Waals surface area (Å²) in [5.41, 5.74) is 3.27. The molecule has 0 N–H and O–H groups in total. The average molecular weight is 495 g/mol. The van der Waals surface area contributed by atoms with Crippen LogP contribution in [0.5, 0.6) is 5.75 Å². The lowest BCUT2D eigenvalue weighted by Gasteiger charge is -2.27. The van der Waals surface area contributed by atoms with Crippen molar-refractivity contribution in [3.63, 3.8) is 0 Å². The molecular weight excluding hydrogens is 472 g/mol. The number of ether oxygens (including phenoxy) is 2. The second-order valence-corrected chi connectivity index (χ2v) is 9.12. The quantitative estimate of drug-likeness (QED) is 0.470. The van der Waals surface area contributed by atoms with Gasteiger partial charge < -0.3 is 14.4 Å². The molecule has 5 rings (SSSR count). The van der Waals surface area contributed by atoms with E-state index in [9.17, 15) is 4.79 Å². The van der Waals surface area contributed by atoms with E-state index in [4.69, 9.17) is 26.2 Å². The number of rotatable bonds is 5. The third kappa shape index (κ3) is 4.75. The molecule has 3 aromatic rings. The van der Waals surface area contributed by atoms with E-state index in [1.807, 2.05) is 67.7 Å². The van der Waals surface area contributed by atoms with Crippen molar-refractivity contribution in [2.75, 3.05) is 32.9 Å². The molecule has 3 heterocycles. The fraction of sp³-hybridized carbons (Fsp3) is 0.240. The van der Waals surface area contributed by atoms with Gasteiger partial charge in [0, 0.05) is 30.4 Å². The van der Waals surface area contributed by atoms with Crippen molar-refractivity contribution in [3.8, 4) is 22.7 Å². The highest BCUT2D eigenvalue weighted by atomic mass is 35.5. The number of halogens is 1. The van der Waals surface area contributed by atoms with Crippen molar-refractivity contribution in [2.24, 2.45) is 4.99 Å². The lowest BCUT2D eigenvalue weighted by molar-refractivity contribution is -0.113. The Kier molecular flexibility index (Phi) is 6.71. The van der Waals surface area contributed by atoms with Crippen LogP contribution in [-0.4, -0.2) is 58.7 Å². The normalized spacial score (nSPS) is 17.4. The summed E-state index contributed by atoms with van der Waals surface area (Å²) in [4.78, 5) is 19.7. The van der Waals surface area contributed by atoms with Gasteiger partial charge in [-0.25, -0.2) is 4.68 Å². The number of amides is 1. The molecule has 0 bridgehead atoms. The molecule has 0 unspecified atom stereocenters. The number of carbonyl (C=O) groups is 1. The number of carbonyl (C=O) groups excluding carboxylic acids is 1. The van der Waals surface area contributed by atoms with Crippen molar-refractivity contribution >= 4 is 40.5 Å². The summed E-state index contributed by atoms with van der Waals surface area (Å²) in [6.45, 7) is 5.19. The highest BCUT2D eigenvalue weighted by Crippen LogP contribution is 2.35. The molecular formula is C25H23ClN4O3S. The molecule has 1 aromatic heterocycles. The number of morpholine rings is 1. The van der Waals surface area contributed by atoms with Crippen molar-refractivity contribution in [1.82, 2.24) is 14.7 Å². The monoisotopic (exact) mass is 494 g/mol. The standard InChI is InChI=1S/C25H23ClN4O3S/c1-2-33-21-9-8-17(14-20(21)26)23-18(16-30(28-23)19-6-4-3-5-7-19)15-22-24(31)27-25(34-22)29-10-12-32-13-11-29/h3-9,14-16H,2,10-13H2,1H3/b22-15-. The third-order valence-corrected chi connectivity index (χ3v) is 6.79. The number of nitrogens with zero attached hydrogens (tertiary/aromatic N) is 4. The summed E-state index contributed by atoms with van der Waals surface area (Å²) in [7, 11) is 0. The van der Waals surface area contributed by atoms with E-state index in [2.05, 4.69) is 9.89 Å². The van der Waals surface area contributed by atoms with Gasteiger partial charge in [-0.3, -0.25) is 4.79 Å². The minimum Gasteiger partial charge on any atom is -0.492 e. The molecule has 1 saturated heterocycles. The Morgan fingerprint density at radius 3 is 2.71 bits per heavy atom. The van der Waals surface area contributed by atoms with Gasteiger partial charge in [-0.05, 0) is 55.1 Å². The Morgan fingerprint density at radius 2 is 1.97 bits per heavy atom. The van der Waals surface area contributed by atoms with E-state index in [0.29, 0.717) is 35.5 Å². The summed E-state index contributed by atoms with van der Waals surface area (Å²) in [6.07, 6.45) is 3.78. The first-order valence-corrected chi connectivity index (χ1v) is 12.2. The van der Waals surface area contributed by atoms with E-state index in [-0.39, 0.29) is 5.91 Å². The molecule has 0 radical (unpaired) electrons. The molecule has 2 aromatic carbocycles. The summed E-state index contributed by atoms with van der Waals surface area (Å²) >= 11 is 7.86. The Labute approximate surface area is 207 Å². The Hall–Kier alpha value is -3.07. The zero-order valence-corrected chi connectivity index (χ0v) is 20.2. The number of para-hydroxylation sites is 1. The highest BCUT2D eigenvalue weighted by molar-refractivity contribution is 8.18. The highest BCUT2D eigenvalue weighted by Gasteiger charge is 2.28. The van der Waals surface area contributed by atoms with Crippen molar-refractivity contribution < 1.29 is 14.3 Å². The second kappa shape index (κ2) is 10.0. The van der Waals surface area contributed by atoms with Gasteiger partial charge in [0.15, 0.2) is 5.17 Å². The topological polar surface area (TPSA) is 68.9 Å². The molecule has 0 atom stereocenters. The van der Waals surface area contributed by atoms with Crippen LogP contribution in [-0.2, 0) is 9.53 Å². The van der Waals surface area contributed by atoms with Crippen LogP contribution in [0.3, 0.4) is 0 Å². The van der Waals surface area contributed by atoms with Crippen molar-refractivity contribution in [3.05, 3.63) is 70.2 Å². The van der Waals surface area contributed by atoms with Crippen LogP contribution < -0.4 is 4.74 Å². The predicted octanol–water partition coefficient (Wildman–Crippen LogP) is 4.89. The fourth-order valence-corrected chi connectivity index (χ4v) is 4.97. The molecule has 9 heteroatoms. The first-order valence-electron chi connectivity index (χ1n) is 11.1. The van der Waals surface area contributed by atoms with E-state index in [0.717, 1.165) is 40.8 Å².